The molecule has 0 spiro atoms. The molecule has 1 saturated heterocycles. The highest BCUT2D eigenvalue weighted by Gasteiger charge is 2.36. The number of rotatable bonds is 3. The van der Waals surface area contributed by atoms with E-state index in [9.17, 15) is 14.7 Å². The van der Waals surface area contributed by atoms with Crippen molar-refractivity contribution in [2.45, 2.75) is 39.7 Å². The summed E-state index contributed by atoms with van der Waals surface area (Å²) in [5.41, 5.74) is 0. The summed E-state index contributed by atoms with van der Waals surface area (Å²) in [5, 5.41) is 12.0. The van der Waals surface area contributed by atoms with Crippen molar-refractivity contribution in [2.75, 3.05) is 13.1 Å². The fraction of sp³-hybridized carbons (Fsp3) is 0.833. The Bertz CT molecular complexity index is 291. The smallest absolute Gasteiger partial charge is 0.326 e. The Hall–Kier alpha value is -1.26. The van der Waals surface area contributed by atoms with Gasteiger partial charge >= 0.3 is 12.0 Å². The summed E-state index contributed by atoms with van der Waals surface area (Å²) in [5.74, 6) is -0.521. The molecule has 2 N–H and O–H groups in total. The zero-order valence-corrected chi connectivity index (χ0v) is 10.8. The summed E-state index contributed by atoms with van der Waals surface area (Å²) in [6.45, 7) is 7.02. The zero-order valence-electron chi connectivity index (χ0n) is 10.8. The lowest BCUT2D eigenvalue weighted by molar-refractivity contribution is -0.145. The van der Waals surface area contributed by atoms with Gasteiger partial charge in [-0.1, -0.05) is 20.8 Å². The Kier molecular flexibility index (Phi) is 4.78. The average Bonchev–Trinajstić information content (AvgIpc) is 2.24. The topological polar surface area (TPSA) is 69.6 Å². The van der Waals surface area contributed by atoms with Crippen LogP contribution in [0.4, 0.5) is 4.79 Å². The van der Waals surface area contributed by atoms with Crippen LogP contribution >= 0.6 is 0 Å². The van der Waals surface area contributed by atoms with E-state index in [0.717, 1.165) is 12.8 Å². The Balaban J connectivity index is 2.65. The average molecular weight is 242 g/mol. The molecule has 0 aromatic rings. The van der Waals surface area contributed by atoms with Crippen molar-refractivity contribution in [3.63, 3.8) is 0 Å². The Morgan fingerprint density at radius 1 is 1.47 bits per heavy atom. The van der Waals surface area contributed by atoms with Crippen LogP contribution in [0, 0.1) is 11.8 Å². The number of carboxylic acid groups (broad SMARTS) is 1. The summed E-state index contributed by atoms with van der Waals surface area (Å²) in [7, 11) is 0. The van der Waals surface area contributed by atoms with Crippen LogP contribution in [0.2, 0.25) is 0 Å². The van der Waals surface area contributed by atoms with Gasteiger partial charge in [0.15, 0.2) is 0 Å². The molecule has 1 fully saturated rings. The van der Waals surface area contributed by atoms with Gasteiger partial charge in [-0.25, -0.2) is 9.59 Å². The lowest BCUT2D eigenvalue weighted by atomic mass is 9.91. The quantitative estimate of drug-likeness (QED) is 0.788. The van der Waals surface area contributed by atoms with E-state index in [-0.39, 0.29) is 11.9 Å². The third-order valence-electron chi connectivity index (χ3n) is 3.11. The van der Waals surface area contributed by atoms with Crippen LogP contribution in [0.15, 0.2) is 0 Å². The maximum atomic E-state index is 11.9. The first-order chi connectivity index (χ1) is 7.93. The Labute approximate surface area is 102 Å². The lowest BCUT2D eigenvalue weighted by Crippen LogP contribution is -2.55. The zero-order chi connectivity index (χ0) is 13.0. The second-order valence-corrected chi connectivity index (χ2v) is 5.18. The molecule has 0 saturated carbocycles. The van der Waals surface area contributed by atoms with Crippen LogP contribution in [-0.4, -0.2) is 41.1 Å². The van der Waals surface area contributed by atoms with Crippen LogP contribution in [0.25, 0.3) is 0 Å². The van der Waals surface area contributed by atoms with Gasteiger partial charge in [0.25, 0.3) is 0 Å². The molecule has 5 heteroatoms. The number of carboxylic acids is 1. The maximum Gasteiger partial charge on any atom is 0.326 e. The van der Waals surface area contributed by atoms with E-state index in [0.29, 0.717) is 19.0 Å². The number of amides is 2. The molecule has 5 nitrogen and oxygen atoms in total. The summed E-state index contributed by atoms with van der Waals surface area (Å²) in [6, 6.07) is -0.937. The fourth-order valence-electron chi connectivity index (χ4n) is 2.19. The predicted octanol–water partition coefficient (Wildman–Crippen LogP) is 1.54. The monoisotopic (exact) mass is 242 g/mol. The van der Waals surface area contributed by atoms with E-state index in [1.165, 1.54) is 4.90 Å². The van der Waals surface area contributed by atoms with Crippen molar-refractivity contribution in [1.29, 1.82) is 0 Å². The molecule has 0 aromatic heterocycles. The fourth-order valence-corrected chi connectivity index (χ4v) is 2.19. The van der Waals surface area contributed by atoms with Gasteiger partial charge in [-0.15, -0.1) is 0 Å². The van der Waals surface area contributed by atoms with E-state index in [1.807, 2.05) is 20.8 Å². The van der Waals surface area contributed by atoms with Gasteiger partial charge in [0.05, 0.1) is 0 Å². The van der Waals surface area contributed by atoms with E-state index >= 15 is 0 Å². The Morgan fingerprint density at radius 3 is 2.65 bits per heavy atom. The summed E-state index contributed by atoms with van der Waals surface area (Å²) >= 11 is 0. The maximum absolute atomic E-state index is 11.9. The molecule has 98 valence electrons. The number of aliphatic carboxylic acids is 1. The summed E-state index contributed by atoms with van der Waals surface area (Å²) in [4.78, 5) is 24.6. The van der Waals surface area contributed by atoms with Crippen LogP contribution in [0.1, 0.15) is 33.6 Å². The standard InChI is InChI=1S/C12H22N2O3/c1-8(2)7-13-12(17)14-6-4-5-9(3)10(14)11(15)16/h8-10H,4-7H2,1-3H3,(H,13,17)(H,15,16). The minimum absolute atomic E-state index is 0.0195. The number of nitrogens with zero attached hydrogens (tertiary/aromatic N) is 1. The molecule has 2 amide bonds. The number of urea groups is 1. The van der Waals surface area contributed by atoms with Crippen molar-refractivity contribution in [3.8, 4) is 0 Å². The van der Waals surface area contributed by atoms with Gasteiger partial charge in [0.2, 0.25) is 0 Å². The van der Waals surface area contributed by atoms with Crippen molar-refractivity contribution < 1.29 is 14.7 Å². The van der Waals surface area contributed by atoms with Gasteiger partial charge < -0.3 is 15.3 Å². The first-order valence-electron chi connectivity index (χ1n) is 6.20. The van der Waals surface area contributed by atoms with Crippen molar-refractivity contribution in [1.82, 2.24) is 10.2 Å². The van der Waals surface area contributed by atoms with Gasteiger partial charge in [0.1, 0.15) is 6.04 Å². The molecule has 1 aliphatic rings. The normalized spacial score (nSPS) is 24.8. The van der Waals surface area contributed by atoms with Crippen LogP contribution < -0.4 is 5.32 Å². The highest BCUT2D eigenvalue weighted by Crippen LogP contribution is 2.23. The molecular formula is C12H22N2O3. The molecule has 1 rings (SSSR count). The first kappa shape index (κ1) is 13.8. The van der Waals surface area contributed by atoms with E-state index < -0.39 is 12.0 Å². The number of hydrogen-bond acceptors (Lipinski definition) is 2. The second-order valence-electron chi connectivity index (χ2n) is 5.18. The molecule has 2 atom stereocenters. The minimum Gasteiger partial charge on any atom is -0.480 e. The molecule has 0 bridgehead atoms. The van der Waals surface area contributed by atoms with Gasteiger partial charge in [-0.2, -0.15) is 0 Å². The SMILES string of the molecule is CC(C)CNC(=O)N1CCCC(C)C1C(=O)O. The molecule has 0 aromatic carbocycles. The van der Waals surface area contributed by atoms with Gasteiger partial charge in [0, 0.05) is 13.1 Å². The number of nitrogens with one attached hydrogen (secondary N) is 1. The molecule has 17 heavy (non-hydrogen) atoms. The highest BCUT2D eigenvalue weighted by molar-refractivity contribution is 5.83. The molecule has 0 radical (unpaired) electrons. The van der Waals surface area contributed by atoms with Gasteiger partial charge in [-0.3, -0.25) is 0 Å². The van der Waals surface area contributed by atoms with E-state index in [4.69, 9.17) is 0 Å². The third kappa shape index (κ3) is 3.61. The largest absolute Gasteiger partial charge is 0.480 e. The van der Waals surface area contributed by atoms with Crippen molar-refractivity contribution in [3.05, 3.63) is 0 Å². The highest BCUT2D eigenvalue weighted by atomic mass is 16.4. The number of likely N-dealkylation sites (tertiary alicyclic amines) is 1. The van der Waals surface area contributed by atoms with Crippen molar-refractivity contribution >= 4 is 12.0 Å². The van der Waals surface area contributed by atoms with Gasteiger partial charge in [-0.05, 0) is 24.7 Å². The van der Waals surface area contributed by atoms with E-state index in [2.05, 4.69) is 5.32 Å². The Morgan fingerprint density at radius 2 is 2.12 bits per heavy atom. The molecular weight excluding hydrogens is 220 g/mol. The van der Waals surface area contributed by atoms with Crippen LogP contribution in [-0.2, 0) is 4.79 Å². The summed E-state index contributed by atoms with van der Waals surface area (Å²) < 4.78 is 0. The molecule has 0 aliphatic carbocycles. The number of hydrogen-bond donors (Lipinski definition) is 2. The van der Waals surface area contributed by atoms with Crippen LogP contribution in [0.5, 0.6) is 0 Å². The molecule has 1 heterocycles. The minimum atomic E-state index is -0.906. The summed E-state index contributed by atoms with van der Waals surface area (Å²) in [6.07, 6.45) is 1.74. The number of piperidine rings is 1. The third-order valence-corrected chi connectivity index (χ3v) is 3.11. The van der Waals surface area contributed by atoms with Crippen molar-refractivity contribution in [2.24, 2.45) is 11.8 Å². The second kappa shape index (κ2) is 5.89. The predicted molar refractivity (Wildman–Crippen MR) is 64.8 cm³/mol. The number of carbonyl (C=O) groups excluding carboxylic acids is 1. The van der Waals surface area contributed by atoms with E-state index in [1.54, 1.807) is 0 Å². The van der Waals surface area contributed by atoms with Crippen LogP contribution in [0.3, 0.4) is 0 Å². The number of carbonyl (C=O) groups is 2. The first-order valence-corrected chi connectivity index (χ1v) is 6.20. The lowest BCUT2D eigenvalue weighted by Gasteiger charge is -2.37. The molecule has 2 unspecified atom stereocenters. The molecule has 1 aliphatic heterocycles.